The van der Waals surface area contributed by atoms with E-state index < -0.39 is 0 Å². The third-order valence-corrected chi connectivity index (χ3v) is 3.94. The van der Waals surface area contributed by atoms with E-state index >= 15 is 0 Å². The van der Waals surface area contributed by atoms with Gasteiger partial charge in [0, 0.05) is 30.4 Å². The number of carbonyl (C=O) groups is 1. The molecule has 124 valence electrons. The molecule has 1 rings (SSSR count). The van der Waals surface area contributed by atoms with Gasteiger partial charge in [0.25, 0.3) is 0 Å². The van der Waals surface area contributed by atoms with Crippen LogP contribution in [0.5, 0.6) is 0 Å². The van der Waals surface area contributed by atoms with E-state index in [0.29, 0.717) is 25.5 Å². The summed E-state index contributed by atoms with van der Waals surface area (Å²) in [5.74, 6) is 0.759. The molecule has 0 bridgehead atoms. The molecular formula is C15H27N5OS. The summed E-state index contributed by atoms with van der Waals surface area (Å²) in [6, 6.07) is 0.172. The van der Waals surface area contributed by atoms with Crippen LogP contribution in [-0.2, 0) is 11.3 Å². The summed E-state index contributed by atoms with van der Waals surface area (Å²) in [6.07, 6.45) is 0.429. The SMILES string of the molecule is CCNC(=NCc1nc(C)c(C)s1)NCCC(=O)NC(C)C. The molecule has 0 spiro atoms. The molecule has 7 heteroatoms. The van der Waals surface area contributed by atoms with Crippen LogP contribution in [0.1, 0.15) is 42.8 Å². The maximum absolute atomic E-state index is 11.6. The number of rotatable bonds is 7. The van der Waals surface area contributed by atoms with Gasteiger partial charge in [-0.3, -0.25) is 4.79 Å². The lowest BCUT2D eigenvalue weighted by atomic mass is 10.3. The smallest absolute Gasteiger partial charge is 0.221 e. The van der Waals surface area contributed by atoms with Gasteiger partial charge in [0.1, 0.15) is 5.01 Å². The van der Waals surface area contributed by atoms with Crippen LogP contribution >= 0.6 is 11.3 Å². The lowest BCUT2D eigenvalue weighted by Gasteiger charge is -2.12. The van der Waals surface area contributed by atoms with E-state index in [9.17, 15) is 4.79 Å². The van der Waals surface area contributed by atoms with Crippen LogP contribution in [-0.4, -0.2) is 36.0 Å². The number of hydrogen-bond donors (Lipinski definition) is 3. The fraction of sp³-hybridized carbons (Fsp3) is 0.667. The van der Waals surface area contributed by atoms with Crippen molar-refractivity contribution >= 4 is 23.2 Å². The van der Waals surface area contributed by atoms with Crippen LogP contribution < -0.4 is 16.0 Å². The number of nitrogens with zero attached hydrogens (tertiary/aromatic N) is 2. The molecule has 0 fully saturated rings. The summed E-state index contributed by atoms with van der Waals surface area (Å²) >= 11 is 1.67. The lowest BCUT2D eigenvalue weighted by molar-refractivity contribution is -0.121. The van der Waals surface area contributed by atoms with E-state index in [-0.39, 0.29) is 11.9 Å². The zero-order valence-electron chi connectivity index (χ0n) is 14.1. The Labute approximate surface area is 136 Å². The van der Waals surface area contributed by atoms with Crippen molar-refractivity contribution in [3.63, 3.8) is 0 Å². The van der Waals surface area contributed by atoms with Crippen molar-refractivity contribution in [2.24, 2.45) is 4.99 Å². The molecule has 0 atom stereocenters. The molecule has 1 aromatic rings. The fourth-order valence-electron chi connectivity index (χ4n) is 1.78. The Balaban J connectivity index is 2.46. The van der Waals surface area contributed by atoms with Crippen LogP contribution in [0.15, 0.2) is 4.99 Å². The topological polar surface area (TPSA) is 78.4 Å². The van der Waals surface area contributed by atoms with Gasteiger partial charge >= 0.3 is 0 Å². The third-order valence-electron chi connectivity index (χ3n) is 2.88. The third kappa shape index (κ3) is 6.89. The first kappa shape index (κ1) is 18.4. The maximum atomic E-state index is 11.6. The van der Waals surface area contributed by atoms with E-state index in [4.69, 9.17) is 0 Å². The molecule has 1 amide bonds. The Morgan fingerprint density at radius 3 is 2.59 bits per heavy atom. The largest absolute Gasteiger partial charge is 0.357 e. The Hall–Kier alpha value is -1.63. The average Bonchev–Trinajstić information content (AvgIpc) is 2.74. The highest BCUT2D eigenvalue weighted by atomic mass is 32.1. The summed E-state index contributed by atoms with van der Waals surface area (Å²) in [4.78, 5) is 21.8. The van der Waals surface area contributed by atoms with Gasteiger partial charge in [0.15, 0.2) is 5.96 Å². The summed E-state index contributed by atoms with van der Waals surface area (Å²) in [6.45, 7) is 11.9. The van der Waals surface area contributed by atoms with Gasteiger partial charge in [-0.25, -0.2) is 9.98 Å². The van der Waals surface area contributed by atoms with Crippen LogP contribution in [0.25, 0.3) is 0 Å². The number of aryl methyl sites for hydroxylation is 2. The fourth-order valence-corrected chi connectivity index (χ4v) is 2.64. The Bertz CT molecular complexity index is 491. The van der Waals surface area contributed by atoms with Gasteiger partial charge in [-0.2, -0.15) is 0 Å². The summed E-state index contributed by atoms with van der Waals surface area (Å²) in [5, 5.41) is 10.2. The van der Waals surface area contributed by atoms with Crippen LogP contribution in [0, 0.1) is 13.8 Å². The molecule has 1 heterocycles. The summed E-state index contributed by atoms with van der Waals surface area (Å²) in [5.41, 5.74) is 1.07. The van der Waals surface area contributed by atoms with Crippen molar-refractivity contribution < 1.29 is 4.79 Å². The zero-order valence-corrected chi connectivity index (χ0v) is 14.9. The van der Waals surface area contributed by atoms with Crippen LogP contribution in [0.4, 0.5) is 0 Å². The second-order valence-corrected chi connectivity index (χ2v) is 6.63. The molecule has 22 heavy (non-hydrogen) atoms. The van der Waals surface area contributed by atoms with E-state index in [1.807, 2.05) is 27.7 Å². The second-order valence-electron chi connectivity index (χ2n) is 5.34. The van der Waals surface area contributed by atoms with E-state index in [1.54, 1.807) is 11.3 Å². The molecule has 0 saturated carbocycles. The Kier molecular flexibility index (Phi) is 7.87. The van der Waals surface area contributed by atoms with Crippen LogP contribution in [0.2, 0.25) is 0 Å². The van der Waals surface area contributed by atoms with Gasteiger partial charge < -0.3 is 16.0 Å². The highest BCUT2D eigenvalue weighted by Gasteiger charge is 2.05. The minimum atomic E-state index is 0.0459. The van der Waals surface area contributed by atoms with Gasteiger partial charge in [-0.15, -0.1) is 11.3 Å². The first-order chi connectivity index (χ1) is 10.4. The standard InChI is InChI=1S/C15H27N5OS/c1-6-16-15(17-8-7-13(21)19-10(2)3)18-9-14-20-11(4)12(5)22-14/h10H,6-9H2,1-5H3,(H,19,21)(H2,16,17,18). The van der Waals surface area contributed by atoms with Crippen molar-refractivity contribution in [2.75, 3.05) is 13.1 Å². The van der Waals surface area contributed by atoms with Crippen molar-refractivity contribution in [2.45, 2.75) is 53.6 Å². The Morgan fingerprint density at radius 1 is 1.32 bits per heavy atom. The molecule has 6 nitrogen and oxygen atoms in total. The van der Waals surface area contributed by atoms with E-state index in [2.05, 4.69) is 32.9 Å². The number of aliphatic imine (C=N–C) groups is 1. The quantitative estimate of drug-likeness (QED) is 0.527. The second kappa shape index (κ2) is 9.40. The van der Waals surface area contributed by atoms with Crippen molar-refractivity contribution in [3.8, 4) is 0 Å². The van der Waals surface area contributed by atoms with E-state index in [1.165, 1.54) is 4.88 Å². The number of nitrogens with one attached hydrogen (secondary N) is 3. The number of hydrogen-bond acceptors (Lipinski definition) is 4. The number of thiazole rings is 1. The molecule has 0 aliphatic heterocycles. The van der Waals surface area contributed by atoms with Crippen molar-refractivity contribution in [3.05, 3.63) is 15.6 Å². The van der Waals surface area contributed by atoms with Crippen LogP contribution in [0.3, 0.4) is 0 Å². The molecule has 0 aliphatic carbocycles. The van der Waals surface area contributed by atoms with Gasteiger partial charge in [0.2, 0.25) is 5.91 Å². The minimum Gasteiger partial charge on any atom is -0.357 e. The molecule has 3 N–H and O–H groups in total. The van der Waals surface area contributed by atoms with Crippen molar-refractivity contribution in [1.82, 2.24) is 20.9 Å². The average molecular weight is 325 g/mol. The molecular weight excluding hydrogens is 298 g/mol. The number of amides is 1. The monoisotopic (exact) mass is 325 g/mol. The van der Waals surface area contributed by atoms with Gasteiger partial charge in [0.05, 0.1) is 12.2 Å². The zero-order chi connectivity index (χ0) is 16.5. The summed E-state index contributed by atoms with van der Waals surface area (Å²) < 4.78 is 0. The number of carbonyl (C=O) groups excluding carboxylic acids is 1. The van der Waals surface area contributed by atoms with Gasteiger partial charge in [-0.1, -0.05) is 0 Å². The molecule has 0 aromatic carbocycles. The summed E-state index contributed by atoms with van der Waals surface area (Å²) in [7, 11) is 0. The highest BCUT2D eigenvalue weighted by molar-refractivity contribution is 7.11. The van der Waals surface area contributed by atoms with Gasteiger partial charge in [-0.05, 0) is 34.6 Å². The first-order valence-corrected chi connectivity index (χ1v) is 8.48. The number of aromatic nitrogens is 1. The first-order valence-electron chi connectivity index (χ1n) is 7.66. The molecule has 1 aromatic heterocycles. The normalized spacial score (nSPS) is 11.6. The predicted octanol–water partition coefficient (Wildman–Crippen LogP) is 1.73. The molecule has 0 unspecified atom stereocenters. The lowest BCUT2D eigenvalue weighted by Crippen LogP contribution is -2.40. The molecule has 0 aliphatic rings. The van der Waals surface area contributed by atoms with E-state index in [0.717, 1.165) is 17.2 Å². The Morgan fingerprint density at radius 2 is 2.05 bits per heavy atom. The van der Waals surface area contributed by atoms with Crippen molar-refractivity contribution in [1.29, 1.82) is 0 Å². The predicted molar refractivity (Wildman–Crippen MR) is 92.3 cm³/mol. The minimum absolute atomic E-state index is 0.0459. The molecule has 0 saturated heterocycles. The molecule has 0 radical (unpaired) electrons. The number of guanidine groups is 1. The highest BCUT2D eigenvalue weighted by Crippen LogP contribution is 2.16. The maximum Gasteiger partial charge on any atom is 0.221 e.